The van der Waals surface area contributed by atoms with Crippen molar-refractivity contribution in [1.82, 2.24) is 19.9 Å². The molecule has 2 aromatic heterocycles. The molecule has 2 aliphatic rings. The van der Waals surface area contributed by atoms with Gasteiger partial charge >= 0.3 is 7.12 Å². The number of fused-ring (bicyclic) bond motifs is 6. The molecule has 2 N–H and O–H groups in total. The molecule has 12 aromatic rings. The number of halogens is 1. The first kappa shape index (κ1) is 53.5. The van der Waals surface area contributed by atoms with E-state index in [2.05, 4.69) is 177 Å². The minimum absolute atomic E-state index is 0.0305. The van der Waals surface area contributed by atoms with Gasteiger partial charge in [-0.05, 0) is 97.5 Å². The van der Waals surface area contributed by atoms with Gasteiger partial charge in [0.2, 0.25) is 0 Å². The van der Waals surface area contributed by atoms with Crippen LogP contribution in [0.2, 0.25) is 0 Å². The summed E-state index contributed by atoms with van der Waals surface area (Å²) >= 11 is 3.53. The number of aromatic nitrogens is 4. The van der Waals surface area contributed by atoms with Crippen molar-refractivity contribution in [1.29, 1.82) is 0 Å². The normalized spacial score (nSPS) is 12.8. The highest BCUT2D eigenvalue weighted by Crippen LogP contribution is 2.50. The number of benzene rings is 10. The van der Waals surface area contributed by atoms with E-state index in [4.69, 9.17) is 19.9 Å². The van der Waals surface area contributed by atoms with Crippen LogP contribution in [0.3, 0.4) is 0 Å². The molecule has 82 heavy (non-hydrogen) atoms. The summed E-state index contributed by atoms with van der Waals surface area (Å²) in [6.45, 7) is 8.99. The second-order valence-corrected chi connectivity index (χ2v) is 22.7. The van der Waals surface area contributed by atoms with Crippen LogP contribution in [0, 0.1) is 0 Å². The maximum atomic E-state index is 9.30. The van der Waals surface area contributed by atoms with Crippen molar-refractivity contribution in [2.24, 2.45) is 0 Å². The molecule has 0 aliphatic heterocycles. The van der Waals surface area contributed by atoms with Crippen LogP contribution in [0.15, 0.2) is 271 Å². The maximum absolute atomic E-state index is 9.30. The van der Waals surface area contributed by atoms with Gasteiger partial charge in [-0.3, -0.25) is 0 Å². The van der Waals surface area contributed by atoms with E-state index in [1.165, 1.54) is 44.5 Å². The molecule has 0 unspecified atom stereocenters. The van der Waals surface area contributed by atoms with Gasteiger partial charge in [-0.25, -0.2) is 19.9 Å². The molecule has 2 aliphatic carbocycles. The van der Waals surface area contributed by atoms with E-state index in [1.54, 1.807) is 6.07 Å². The molecular formula is C74H58BBrN4O2. The predicted octanol–water partition coefficient (Wildman–Crippen LogP) is 17.4. The average molecular weight is 1130 g/mol. The monoisotopic (exact) mass is 1120 g/mol. The topological polar surface area (TPSA) is 92.0 Å². The molecule has 6 nitrogen and oxygen atoms in total. The molecule has 10 aromatic carbocycles. The van der Waals surface area contributed by atoms with Crippen molar-refractivity contribution < 1.29 is 10.0 Å². The van der Waals surface area contributed by atoms with E-state index in [9.17, 15) is 10.0 Å². The highest BCUT2D eigenvalue weighted by Gasteiger charge is 2.37. The van der Waals surface area contributed by atoms with Gasteiger partial charge < -0.3 is 10.0 Å². The molecule has 396 valence electrons. The first-order valence-electron chi connectivity index (χ1n) is 27.6. The van der Waals surface area contributed by atoms with Crippen LogP contribution in [-0.4, -0.2) is 37.1 Å². The average Bonchev–Trinajstić information content (AvgIpc) is 3.56. The van der Waals surface area contributed by atoms with Crippen LogP contribution in [0.5, 0.6) is 0 Å². The summed E-state index contributed by atoms with van der Waals surface area (Å²) in [7, 11) is -1.41. The molecule has 0 saturated carbocycles. The zero-order valence-electron chi connectivity index (χ0n) is 46.0. The van der Waals surface area contributed by atoms with Crippen LogP contribution >= 0.6 is 15.9 Å². The first-order valence-corrected chi connectivity index (χ1v) is 28.4. The Hall–Kier alpha value is -9.18. The Morgan fingerprint density at radius 3 is 1.07 bits per heavy atom. The Morgan fingerprint density at radius 2 is 0.634 bits per heavy atom. The second-order valence-electron chi connectivity index (χ2n) is 21.8. The largest absolute Gasteiger partial charge is 0.488 e. The highest BCUT2D eigenvalue weighted by molar-refractivity contribution is 9.10. The number of nitrogens with zero attached hydrogens (tertiary/aromatic N) is 4. The smallest absolute Gasteiger partial charge is 0.423 e. The van der Waals surface area contributed by atoms with Crippen LogP contribution < -0.4 is 5.46 Å². The van der Waals surface area contributed by atoms with Crippen LogP contribution in [0.25, 0.3) is 101 Å². The first-order chi connectivity index (χ1) is 39.9. The molecule has 14 rings (SSSR count). The van der Waals surface area contributed by atoms with Crippen molar-refractivity contribution in [3.8, 4) is 101 Å². The lowest BCUT2D eigenvalue weighted by molar-refractivity contribution is 0.425. The lowest BCUT2D eigenvalue weighted by Gasteiger charge is -2.22. The van der Waals surface area contributed by atoms with Gasteiger partial charge in [0, 0.05) is 48.7 Å². The van der Waals surface area contributed by atoms with Crippen LogP contribution in [-0.2, 0) is 10.8 Å². The SMILES string of the molecule is Brc1cccc(-c2nc(-c3ccccc3)cc(-c3ccccc3)n2)c1.CC1(C)c2ccccc2-c2ccc(-c3cccc(-c4nc(-c5ccccc5)cc(-c5ccccc5)n4)c3)cc21.CC1(C)c2ccccc2-c2ccc(B(O)O)cc21. The van der Waals surface area contributed by atoms with E-state index in [0.717, 1.165) is 83.4 Å². The number of hydrogen-bond donors (Lipinski definition) is 2. The molecule has 0 fully saturated rings. The minimum atomic E-state index is -1.41. The Bertz CT molecular complexity index is 4150. The van der Waals surface area contributed by atoms with E-state index in [-0.39, 0.29) is 10.8 Å². The third-order valence-corrected chi connectivity index (χ3v) is 16.2. The van der Waals surface area contributed by atoms with Crippen molar-refractivity contribution in [3.05, 3.63) is 294 Å². The molecule has 0 spiro atoms. The fraction of sp³-hybridized carbons (Fsp3) is 0.0811. The maximum Gasteiger partial charge on any atom is 0.488 e. The van der Waals surface area contributed by atoms with Gasteiger partial charge in [-0.1, -0.05) is 274 Å². The Balaban J connectivity index is 0.000000132. The summed E-state index contributed by atoms with van der Waals surface area (Å²) in [5, 5.41) is 18.6. The van der Waals surface area contributed by atoms with Gasteiger partial charge in [0.1, 0.15) is 0 Å². The standard InChI is InChI=1S/C37H28N2.C22H15BrN2.C15H15BO2/c1-37(2)32-19-10-9-18-30(32)31-21-20-28(23-33(31)37)27-16-11-17-29(22-27)36-38-34(25-12-5-3-6-13-25)24-35(39-36)26-14-7-4-8-15-26;23-19-13-7-12-18(14-19)22-24-20(16-8-3-1-4-9-16)15-21(25-22)17-10-5-2-6-11-17;1-15(2)13-6-4-3-5-11(13)12-8-7-10(16(17)18)9-14(12)15/h3-24H,1-2H3;1-15H;3-9,17-18H,1-2H3. The van der Waals surface area contributed by atoms with Gasteiger partial charge in [-0.15, -0.1) is 0 Å². The summed E-state index contributed by atoms with van der Waals surface area (Å²) in [6, 6.07) is 91.6. The lowest BCUT2D eigenvalue weighted by atomic mass is 9.75. The van der Waals surface area contributed by atoms with Crippen LogP contribution in [0.4, 0.5) is 0 Å². The fourth-order valence-corrected chi connectivity index (χ4v) is 11.8. The lowest BCUT2D eigenvalue weighted by Crippen LogP contribution is -2.31. The van der Waals surface area contributed by atoms with Gasteiger partial charge in [0.15, 0.2) is 11.6 Å². The highest BCUT2D eigenvalue weighted by atomic mass is 79.9. The molecule has 0 atom stereocenters. The summed E-state index contributed by atoms with van der Waals surface area (Å²) in [6.07, 6.45) is 0. The van der Waals surface area contributed by atoms with Crippen molar-refractivity contribution >= 4 is 28.5 Å². The summed E-state index contributed by atoms with van der Waals surface area (Å²) < 4.78 is 1.01. The third kappa shape index (κ3) is 10.8. The molecule has 0 radical (unpaired) electrons. The van der Waals surface area contributed by atoms with Gasteiger partial charge in [-0.2, -0.15) is 0 Å². The number of hydrogen-bond acceptors (Lipinski definition) is 6. The third-order valence-electron chi connectivity index (χ3n) is 15.8. The Kier molecular flexibility index (Phi) is 14.8. The van der Waals surface area contributed by atoms with E-state index in [1.807, 2.05) is 127 Å². The van der Waals surface area contributed by atoms with E-state index in [0.29, 0.717) is 5.46 Å². The van der Waals surface area contributed by atoms with Crippen molar-refractivity contribution in [2.45, 2.75) is 38.5 Å². The molecule has 2 heterocycles. The Morgan fingerprint density at radius 1 is 0.293 bits per heavy atom. The van der Waals surface area contributed by atoms with Crippen molar-refractivity contribution in [2.75, 3.05) is 0 Å². The van der Waals surface area contributed by atoms with Crippen molar-refractivity contribution in [3.63, 3.8) is 0 Å². The van der Waals surface area contributed by atoms with Crippen LogP contribution in [0.1, 0.15) is 49.9 Å². The summed E-state index contributed by atoms with van der Waals surface area (Å²) in [5.41, 5.74) is 23.1. The summed E-state index contributed by atoms with van der Waals surface area (Å²) in [5.74, 6) is 1.45. The zero-order valence-corrected chi connectivity index (χ0v) is 47.6. The second kappa shape index (κ2) is 22.8. The summed E-state index contributed by atoms with van der Waals surface area (Å²) in [4.78, 5) is 19.7. The molecule has 0 bridgehead atoms. The minimum Gasteiger partial charge on any atom is -0.423 e. The molecular weight excluding hydrogens is 1070 g/mol. The zero-order chi connectivity index (χ0) is 56.4. The van der Waals surface area contributed by atoms with E-state index < -0.39 is 7.12 Å². The number of rotatable bonds is 8. The predicted molar refractivity (Wildman–Crippen MR) is 341 cm³/mol. The quantitative estimate of drug-likeness (QED) is 0.147. The van der Waals surface area contributed by atoms with E-state index >= 15 is 0 Å². The Labute approximate surface area is 488 Å². The van der Waals surface area contributed by atoms with Gasteiger partial charge in [0.25, 0.3) is 0 Å². The fourth-order valence-electron chi connectivity index (χ4n) is 11.4. The molecule has 0 saturated heterocycles. The van der Waals surface area contributed by atoms with Gasteiger partial charge in [0.05, 0.1) is 22.8 Å². The molecule has 0 amide bonds. The molecule has 8 heteroatoms.